The molecule has 2 aromatic carbocycles. The highest BCUT2D eigenvalue weighted by Crippen LogP contribution is 2.35. The molecule has 0 radical (unpaired) electrons. The summed E-state index contributed by atoms with van der Waals surface area (Å²) < 4.78 is 18.9. The van der Waals surface area contributed by atoms with Gasteiger partial charge in [-0.3, -0.25) is 0 Å². The van der Waals surface area contributed by atoms with Crippen LogP contribution in [0.15, 0.2) is 36.4 Å². The van der Waals surface area contributed by atoms with Gasteiger partial charge in [-0.25, -0.2) is 4.39 Å². The zero-order valence-corrected chi connectivity index (χ0v) is 11.4. The van der Waals surface area contributed by atoms with Crippen molar-refractivity contribution in [3.8, 4) is 16.9 Å². The highest BCUT2D eigenvalue weighted by atomic mass is 19.1. The summed E-state index contributed by atoms with van der Waals surface area (Å²) in [5.41, 5.74) is 9.63. The van der Waals surface area contributed by atoms with Gasteiger partial charge in [0.25, 0.3) is 0 Å². The number of methoxy groups -OCH3 is 1. The molecule has 0 saturated carbocycles. The van der Waals surface area contributed by atoms with Crippen molar-refractivity contribution in [2.45, 2.75) is 19.9 Å². The molecule has 2 aromatic rings. The summed E-state index contributed by atoms with van der Waals surface area (Å²) in [6.45, 7) is 3.88. The zero-order chi connectivity index (χ0) is 14.0. The van der Waals surface area contributed by atoms with Gasteiger partial charge in [-0.2, -0.15) is 0 Å². The Kier molecular flexibility index (Phi) is 3.86. The second-order valence-corrected chi connectivity index (χ2v) is 4.72. The van der Waals surface area contributed by atoms with E-state index in [1.807, 2.05) is 32.0 Å². The second-order valence-electron chi connectivity index (χ2n) is 4.72. The number of ether oxygens (including phenoxy) is 1. The Labute approximate surface area is 113 Å². The van der Waals surface area contributed by atoms with E-state index >= 15 is 0 Å². The third-order valence-electron chi connectivity index (χ3n) is 3.15. The Hall–Kier alpha value is -1.87. The molecule has 2 N–H and O–H groups in total. The Balaban J connectivity index is 2.70. The third-order valence-corrected chi connectivity index (χ3v) is 3.15. The monoisotopic (exact) mass is 259 g/mol. The maximum absolute atomic E-state index is 13.6. The molecule has 0 aliphatic heterocycles. The Morgan fingerprint density at radius 3 is 2.47 bits per heavy atom. The SMILES string of the molecule is COc1ccc(C)cc1-c1cc(F)ccc1C(C)N. The number of hydrogen-bond acceptors (Lipinski definition) is 2. The summed E-state index contributed by atoms with van der Waals surface area (Å²) in [5.74, 6) is 0.445. The molecule has 0 bridgehead atoms. The molecule has 0 aliphatic carbocycles. The van der Waals surface area contributed by atoms with Crippen LogP contribution in [0.2, 0.25) is 0 Å². The van der Waals surface area contributed by atoms with Crippen LogP contribution in [-0.4, -0.2) is 7.11 Å². The molecular formula is C16H18FNO. The van der Waals surface area contributed by atoms with Gasteiger partial charge in [-0.05, 0) is 49.2 Å². The lowest BCUT2D eigenvalue weighted by atomic mass is 9.94. The lowest BCUT2D eigenvalue weighted by Gasteiger charge is -2.16. The number of hydrogen-bond donors (Lipinski definition) is 1. The molecule has 2 nitrogen and oxygen atoms in total. The first kappa shape index (κ1) is 13.6. The van der Waals surface area contributed by atoms with Crippen molar-refractivity contribution >= 4 is 0 Å². The predicted molar refractivity (Wildman–Crippen MR) is 75.7 cm³/mol. The summed E-state index contributed by atoms with van der Waals surface area (Å²) in [5, 5.41) is 0. The van der Waals surface area contributed by atoms with Crippen molar-refractivity contribution in [1.82, 2.24) is 0 Å². The van der Waals surface area contributed by atoms with Gasteiger partial charge in [-0.1, -0.05) is 17.7 Å². The number of aryl methyl sites for hydroxylation is 1. The number of rotatable bonds is 3. The minimum absolute atomic E-state index is 0.166. The zero-order valence-electron chi connectivity index (χ0n) is 11.4. The van der Waals surface area contributed by atoms with Crippen molar-refractivity contribution in [3.63, 3.8) is 0 Å². The maximum Gasteiger partial charge on any atom is 0.126 e. The van der Waals surface area contributed by atoms with Crippen LogP contribution >= 0.6 is 0 Å². The van der Waals surface area contributed by atoms with E-state index in [1.165, 1.54) is 12.1 Å². The lowest BCUT2D eigenvalue weighted by Crippen LogP contribution is -2.07. The largest absolute Gasteiger partial charge is 0.496 e. The van der Waals surface area contributed by atoms with Crippen molar-refractivity contribution in [1.29, 1.82) is 0 Å². The van der Waals surface area contributed by atoms with E-state index in [9.17, 15) is 4.39 Å². The standard InChI is InChI=1S/C16H18FNO/c1-10-4-7-16(19-3)15(8-10)14-9-12(17)5-6-13(14)11(2)18/h4-9,11H,18H2,1-3H3. The van der Waals surface area contributed by atoms with Crippen LogP contribution < -0.4 is 10.5 Å². The number of halogens is 1. The van der Waals surface area contributed by atoms with Crippen LogP contribution in [0, 0.1) is 12.7 Å². The fraction of sp³-hybridized carbons (Fsp3) is 0.250. The molecule has 1 atom stereocenters. The smallest absolute Gasteiger partial charge is 0.126 e. The van der Waals surface area contributed by atoms with E-state index in [4.69, 9.17) is 10.5 Å². The van der Waals surface area contributed by atoms with Gasteiger partial charge >= 0.3 is 0 Å². The molecule has 3 heteroatoms. The third kappa shape index (κ3) is 2.76. The molecule has 0 heterocycles. The minimum Gasteiger partial charge on any atom is -0.496 e. The molecule has 0 aromatic heterocycles. The van der Waals surface area contributed by atoms with E-state index in [1.54, 1.807) is 13.2 Å². The van der Waals surface area contributed by atoms with Crippen molar-refractivity contribution in [3.05, 3.63) is 53.3 Å². The van der Waals surface area contributed by atoms with Gasteiger partial charge in [0, 0.05) is 11.6 Å². The molecule has 0 spiro atoms. The van der Waals surface area contributed by atoms with Gasteiger partial charge < -0.3 is 10.5 Å². The average molecular weight is 259 g/mol. The summed E-state index contributed by atoms with van der Waals surface area (Å²) in [6.07, 6.45) is 0. The molecule has 19 heavy (non-hydrogen) atoms. The molecule has 0 fully saturated rings. The maximum atomic E-state index is 13.6. The fourth-order valence-corrected chi connectivity index (χ4v) is 2.19. The fourth-order valence-electron chi connectivity index (χ4n) is 2.19. The van der Waals surface area contributed by atoms with Gasteiger partial charge in [-0.15, -0.1) is 0 Å². The predicted octanol–water partition coefficient (Wildman–Crippen LogP) is 3.83. The molecule has 0 amide bonds. The van der Waals surface area contributed by atoms with Crippen molar-refractivity contribution in [2.24, 2.45) is 5.73 Å². The van der Waals surface area contributed by atoms with Crippen LogP contribution in [0.25, 0.3) is 11.1 Å². The first-order valence-electron chi connectivity index (χ1n) is 6.23. The van der Waals surface area contributed by atoms with Crippen LogP contribution in [0.1, 0.15) is 24.1 Å². The first-order chi connectivity index (χ1) is 9.02. The summed E-state index contributed by atoms with van der Waals surface area (Å²) in [7, 11) is 1.61. The molecular weight excluding hydrogens is 241 g/mol. The van der Waals surface area contributed by atoms with E-state index < -0.39 is 0 Å². The number of nitrogens with two attached hydrogens (primary N) is 1. The molecule has 0 aliphatic rings. The summed E-state index contributed by atoms with van der Waals surface area (Å²) in [6, 6.07) is 10.4. The van der Waals surface area contributed by atoms with Gasteiger partial charge in [0.05, 0.1) is 7.11 Å². The van der Waals surface area contributed by atoms with Crippen LogP contribution in [0.4, 0.5) is 4.39 Å². The van der Waals surface area contributed by atoms with E-state index in [2.05, 4.69) is 0 Å². The quantitative estimate of drug-likeness (QED) is 0.909. The highest BCUT2D eigenvalue weighted by molar-refractivity contribution is 5.74. The van der Waals surface area contributed by atoms with Crippen molar-refractivity contribution in [2.75, 3.05) is 7.11 Å². The van der Waals surface area contributed by atoms with Crippen molar-refractivity contribution < 1.29 is 9.13 Å². The average Bonchev–Trinajstić information content (AvgIpc) is 2.38. The Morgan fingerprint density at radius 1 is 1.11 bits per heavy atom. The summed E-state index contributed by atoms with van der Waals surface area (Å²) in [4.78, 5) is 0. The van der Waals surface area contributed by atoms with E-state index in [0.717, 1.165) is 28.0 Å². The molecule has 0 saturated heterocycles. The Morgan fingerprint density at radius 2 is 1.84 bits per heavy atom. The van der Waals surface area contributed by atoms with Crippen LogP contribution in [-0.2, 0) is 0 Å². The van der Waals surface area contributed by atoms with Gasteiger partial charge in [0.1, 0.15) is 11.6 Å². The molecule has 100 valence electrons. The Bertz CT molecular complexity index is 593. The first-order valence-corrected chi connectivity index (χ1v) is 6.23. The number of benzene rings is 2. The van der Waals surface area contributed by atoms with Gasteiger partial charge in [0.2, 0.25) is 0 Å². The van der Waals surface area contributed by atoms with Gasteiger partial charge in [0.15, 0.2) is 0 Å². The minimum atomic E-state index is -0.275. The van der Waals surface area contributed by atoms with E-state index in [-0.39, 0.29) is 11.9 Å². The van der Waals surface area contributed by atoms with Crippen LogP contribution in [0.5, 0.6) is 5.75 Å². The topological polar surface area (TPSA) is 35.2 Å². The lowest BCUT2D eigenvalue weighted by molar-refractivity contribution is 0.416. The highest BCUT2D eigenvalue weighted by Gasteiger charge is 2.14. The normalized spacial score (nSPS) is 12.3. The molecule has 2 rings (SSSR count). The summed E-state index contributed by atoms with van der Waals surface area (Å²) >= 11 is 0. The molecule has 1 unspecified atom stereocenters. The second kappa shape index (κ2) is 5.41. The van der Waals surface area contributed by atoms with E-state index in [0.29, 0.717) is 0 Å². The van der Waals surface area contributed by atoms with Crippen LogP contribution in [0.3, 0.4) is 0 Å².